The minimum Gasteiger partial charge on any atom is -0.192 e. The molecule has 0 amide bonds. The molecule has 8 heteroatoms. The summed E-state index contributed by atoms with van der Waals surface area (Å²) in [6, 6.07) is 13.1. The number of hydrogen-bond acceptors (Lipinski definition) is 6. The van der Waals surface area contributed by atoms with Gasteiger partial charge in [-0.05, 0) is 30.7 Å². The maximum absolute atomic E-state index is 11.9. The molecule has 0 radical (unpaired) electrons. The maximum Gasteiger partial charge on any atom is 0.324 e. The average molecular weight is 328 g/mol. The Morgan fingerprint density at radius 1 is 0.714 bits per heavy atom. The van der Waals surface area contributed by atoms with Crippen molar-refractivity contribution in [3.8, 4) is 0 Å². The molecule has 0 spiro atoms. The lowest BCUT2D eigenvalue weighted by Crippen LogP contribution is -2.13. The van der Waals surface area contributed by atoms with Crippen molar-refractivity contribution in [2.45, 2.75) is 16.7 Å². The maximum atomic E-state index is 11.9. The van der Waals surface area contributed by atoms with E-state index in [4.69, 9.17) is 0 Å². The molecule has 2 aromatic carbocycles. The fraction of sp³-hybridized carbons (Fsp3) is 0.0769. The van der Waals surface area contributed by atoms with Crippen LogP contribution in [0.1, 0.15) is 5.56 Å². The highest BCUT2D eigenvalue weighted by molar-refractivity contribution is 7.89. The molecule has 2 rings (SSSR count). The van der Waals surface area contributed by atoms with Gasteiger partial charge in [-0.1, -0.05) is 45.1 Å². The normalized spacial score (nSPS) is 12.2. The van der Waals surface area contributed by atoms with E-state index < -0.39 is 20.2 Å². The summed E-state index contributed by atoms with van der Waals surface area (Å²) in [5.74, 6) is 0. The van der Waals surface area contributed by atoms with Crippen molar-refractivity contribution in [1.82, 2.24) is 0 Å². The van der Waals surface area contributed by atoms with Crippen LogP contribution in [0.4, 0.5) is 0 Å². The zero-order valence-corrected chi connectivity index (χ0v) is 12.6. The molecule has 0 fully saturated rings. The molecule has 0 aliphatic heterocycles. The van der Waals surface area contributed by atoms with Gasteiger partial charge in [0, 0.05) is 0 Å². The molecule has 0 saturated carbocycles. The summed E-state index contributed by atoms with van der Waals surface area (Å²) in [5, 5.41) is 0. The molecule has 21 heavy (non-hydrogen) atoms. The Morgan fingerprint density at radius 3 is 1.86 bits per heavy atom. The Bertz CT molecular complexity index is 826. The van der Waals surface area contributed by atoms with Crippen LogP contribution >= 0.6 is 0 Å². The van der Waals surface area contributed by atoms with Gasteiger partial charge in [0.25, 0.3) is 0 Å². The Balaban J connectivity index is 2.22. The fourth-order valence-electron chi connectivity index (χ4n) is 1.57. The van der Waals surface area contributed by atoms with Gasteiger partial charge in [0.2, 0.25) is 0 Å². The molecular weight excluding hydrogens is 316 g/mol. The highest BCUT2D eigenvalue weighted by atomic mass is 32.2. The molecule has 0 atom stereocenters. The molecule has 0 N–H and O–H groups in total. The first kappa shape index (κ1) is 15.6. The number of rotatable bonds is 5. The van der Waals surface area contributed by atoms with Crippen molar-refractivity contribution in [2.75, 3.05) is 0 Å². The van der Waals surface area contributed by atoms with E-state index in [0.29, 0.717) is 5.56 Å². The van der Waals surface area contributed by atoms with Crippen LogP contribution in [0, 0.1) is 6.92 Å². The van der Waals surface area contributed by atoms with Gasteiger partial charge in [0.15, 0.2) is 0 Å². The van der Waals surface area contributed by atoms with Gasteiger partial charge in [-0.2, -0.15) is 16.8 Å². The Morgan fingerprint density at radius 2 is 1.24 bits per heavy atom. The van der Waals surface area contributed by atoms with Gasteiger partial charge >= 0.3 is 20.2 Å². The Kier molecular flexibility index (Phi) is 4.43. The SMILES string of the molecule is Cc1ccccc1S(=O)(=O)OOS(=O)(=O)c1ccccc1. The summed E-state index contributed by atoms with van der Waals surface area (Å²) in [6.07, 6.45) is 0. The Hall–Kier alpha value is -1.74. The molecule has 2 aromatic rings. The van der Waals surface area contributed by atoms with E-state index in [1.165, 1.54) is 36.4 Å². The first-order valence-corrected chi connectivity index (χ1v) is 8.63. The average Bonchev–Trinajstić information content (AvgIpc) is 2.47. The van der Waals surface area contributed by atoms with Crippen LogP contribution in [0.3, 0.4) is 0 Å². The number of benzene rings is 2. The third-order valence-electron chi connectivity index (χ3n) is 2.60. The van der Waals surface area contributed by atoms with Crippen molar-refractivity contribution < 1.29 is 25.5 Å². The molecule has 0 bridgehead atoms. The number of hydrogen-bond donors (Lipinski definition) is 0. The third-order valence-corrected chi connectivity index (χ3v) is 5.03. The van der Waals surface area contributed by atoms with Gasteiger partial charge in [-0.25, -0.2) is 0 Å². The van der Waals surface area contributed by atoms with E-state index in [-0.39, 0.29) is 9.79 Å². The van der Waals surface area contributed by atoms with Crippen molar-refractivity contribution >= 4 is 20.2 Å². The molecule has 6 nitrogen and oxygen atoms in total. The standard InChI is InChI=1S/C13H12O6S2/c1-11-7-5-6-10-13(11)21(16,17)19-18-20(14,15)12-8-3-2-4-9-12/h2-10H,1H3. The second-order valence-corrected chi connectivity index (χ2v) is 7.12. The molecular formula is C13H12O6S2. The van der Waals surface area contributed by atoms with E-state index in [0.717, 1.165) is 0 Å². The molecule has 0 aliphatic carbocycles. The quantitative estimate of drug-likeness (QED) is 0.616. The van der Waals surface area contributed by atoms with E-state index in [1.54, 1.807) is 25.1 Å². The van der Waals surface area contributed by atoms with Gasteiger partial charge in [0.1, 0.15) is 0 Å². The second kappa shape index (κ2) is 5.94. The van der Waals surface area contributed by atoms with Crippen LogP contribution in [0.15, 0.2) is 64.4 Å². The zero-order valence-electron chi connectivity index (χ0n) is 11.0. The van der Waals surface area contributed by atoms with E-state index in [2.05, 4.69) is 8.67 Å². The highest BCUT2D eigenvalue weighted by Crippen LogP contribution is 2.19. The van der Waals surface area contributed by atoms with Gasteiger partial charge in [0.05, 0.1) is 9.79 Å². The minimum absolute atomic E-state index is 0.159. The summed E-state index contributed by atoms with van der Waals surface area (Å²) in [7, 11) is -8.65. The minimum atomic E-state index is -4.33. The molecule has 0 unspecified atom stereocenters. The van der Waals surface area contributed by atoms with Crippen molar-refractivity contribution in [3.05, 3.63) is 60.2 Å². The van der Waals surface area contributed by atoms with Crippen LogP contribution in [-0.4, -0.2) is 16.8 Å². The first-order valence-electron chi connectivity index (χ1n) is 5.81. The predicted octanol–water partition coefficient (Wildman–Crippen LogP) is 2.02. The molecule has 0 saturated heterocycles. The van der Waals surface area contributed by atoms with Crippen LogP contribution in [-0.2, 0) is 28.9 Å². The first-order chi connectivity index (χ1) is 9.83. The largest absolute Gasteiger partial charge is 0.324 e. The molecule has 0 aliphatic rings. The van der Waals surface area contributed by atoms with Crippen LogP contribution in [0.2, 0.25) is 0 Å². The summed E-state index contributed by atoms with van der Waals surface area (Å²) >= 11 is 0. The summed E-state index contributed by atoms with van der Waals surface area (Å²) in [4.78, 5) is -0.363. The zero-order chi connectivity index (χ0) is 15.5. The third kappa shape index (κ3) is 3.67. The lowest BCUT2D eigenvalue weighted by Gasteiger charge is -2.07. The van der Waals surface area contributed by atoms with Gasteiger partial charge in [-0.15, -0.1) is 0 Å². The summed E-state index contributed by atoms with van der Waals surface area (Å²) in [5.41, 5.74) is 0.415. The van der Waals surface area contributed by atoms with Crippen LogP contribution in [0.5, 0.6) is 0 Å². The summed E-state index contributed by atoms with van der Waals surface area (Å²) < 4.78 is 55.8. The van der Waals surface area contributed by atoms with Crippen molar-refractivity contribution in [2.24, 2.45) is 0 Å². The van der Waals surface area contributed by atoms with Crippen LogP contribution in [0.25, 0.3) is 0 Å². The summed E-state index contributed by atoms with van der Waals surface area (Å²) in [6.45, 7) is 1.56. The van der Waals surface area contributed by atoms with E-state index in [1.807, 2.05) is 0 Å². The molecule has 0 aromatic heterocycles. The van der Waals surface area contributed by atoms with Gasteiger partial charge < -0.3 is 0 Å². The lowest BCUT2D eigenvalue weighted by atomic mass is 10.2. The Labute approximate surface area is 123 Å². The van der Waals surface area contributed by atoms with Gasteiger partial charge in [-0.3, -0.25) is 0 Å². The molecule has 0 heterocycles. The molecule has 112 valence electrons. The highest BCUT2D eigenvalue weighted by Gasteiger charge is 2.24. The van der Waals surface area contributed by atoms with E-state index in [9.17, 15) is 16.8 Å². The van der Waals surface area contributed by atoms with E-state index >= 15 is 0 Å². The fourth-order valence-corrected chi connectivity index (χ4v) is 3.51. The van der Waals surface area contributed by atoms with Crippen LogP contribution < -0.4 is 0 Å². The lowest BCUT2D eigenvalue weighted by molar-refractivity contribution is -0.0852. The monoisotopic (exact) mass is 328 g/mol. The number of aryl methyl sites for hydroxylation is 1. The van der Waals surface area contributed by atoms with Crippen molar-refractivity contribution in [1.29, 1.82) is 0 Å². The second-order valence-electron chi connectivity index (χ2n) is 4.12. The predicted molar refractivity (Wildman–Crippen MR) is 74.2 cm³/mol. The topological polar surface area (TPSA) is 86.7 Å². The van der Waals surface area contributed by atoms with Crippen molar-refractivity contribution in [3.63, 3.8) is 0 Å². The smallest absolute Gasteiger partial charge is 0.192 e.